The third-order valence-corrected chi connectivity index (χ3v) is 0.560. The summed E-state index contributed by atoms with van der Waals surface area (Å²) in [5.74, 6) is 0. The molecule has 9 heavy (non-hydrogen) atoms. The lowest BCUT2D eigenvalue weighted by Gasteiger charge is -1.86. The van der Waals surface area contributed by atoms with Crippen LogP contribution in [0.25, 0.3) is 0 Å². The number of nitriles is 2. The van der Waals surface area contributed by atoms with Crippen molar-refractivity contribution in [3.05, 3.63) is 0 Å². The van der Waals surface area contributed by atoms with E-state index < -0.39 is 6.04 Å². The average molecular weight is 123 g/mol. The van der Waals surface area contributed by atoms with Crippen molar-refractivity contribution in [1.82, 2.24) is 0 Å². The van der Waals surface area contributed by atoms with Gasteiger partial charge in [0, 0.05) is 0 Å². The van der Waals surface area contributed by atoms with Crippen molar-refractivity contribution < 1.29 is 4.74 Å². The van der Waals surface area contributed by atoms with E-state index in [1.165, 1.54) is 7.11 Å². The van der Waals surface area contributed by atoms with Crippen LogP contribution in [0.5, 0.6) is 0 Å². The van der Waals surface area contributed by atoms with Crippen molar-refractivity contribution in [2.45, 2.75) is 6.04 Å². The molecule has 4 heteroatoms. The molecule has 0 aromatic rings. The minimum absolute atomic E-state index is 0.940. The Morgan fingerprint density at radius 2 is 2.11 bits per heavy atom. The van der Waals surface area contributed by atoms with Gasteiger partial charge in [-0.25, -0.2) is 4.99 Å². The first kappa shape index (κ1) is 7.45. The van der Waals surface area contributed by atoms with Gasteiger partial charge in [-0.15, -0.1) is 0 Å². The standard InChI is InChI=1S/C5H5N3O/c1-9-4-8-5(2-6)3-7/h4-5H,1H3. The number of hydrogen-bond acceptors (Lipinski definition) is 4. The van der Waals surface area contributed by atoms with E-state index in [0.29, 0.717) is 0 Å². The highest BCUT2D eigenvalue weighted by atomic mass is 16.5. The van der Waals surface area contributed by atoms with Crippen LogP contribution in [0.3, 0.4) is 0 Å². The summed E-state index contributed by atoms with van der Waals surface area (Å²) in [7, 11) is 1.40. The van der Waals surface area contributed by atoms with Crippen LogP contribution in [0.4, 0.5) is 0 Å². The molecule has 0 aliphatic rings. The van der Waals surface area contributed by atoms with E-state index in [1.54, 1.807) is 12.1 Å². The second-order valence-electron chi connectivity index (χ2n) is 1.15. The molecule has 0 N–H and O–H groups in total. The molecule has 0 aromatic carbocycles. The molecule has 0 aromatic heterocycles. The predicted octanol–water partition coefficient (Wildman–Crippen LogP) is 0.0769. The quantitative estimate of drug-likeness (QED) is 0.385. The Balaban J connectivity index is 3.77. The second kappa shape index (κ2) is 4.61. The Kier molecular flexibility index (Phi) is 3.81. The first-order chi connectivity index (χ1) is 4.35. The highest BCUT2D eigenvalue weighted by Gasteiger charge is 1.96. The predicted molar refractivity (Wildman–Crippen MR) is 30.5 cm³/mol. The summed E-state index contributed by atoms with van der Waals surface area (Å²) in [6, 6.07) is 2.36. The third-order valence-electron chi connectivity index (χ3n) is 0.560. The van der Waals surface area contributed by atoms with Crippen molar-refractivity contribution in [2.24, 2.45) is 4.99 Å². The fourth-order valence-electron chi connectivity index (χ4n) is 0.217. The maximum absolute atomic E-state index is 8.11. The normalized spacial score (nSPS) is 8.89. The second-order valence-corrected chi connectivity index (χ2v) is 1.15. The lowest BCUT2D eigenvalue weighted by molar-refractivity contribution is 0.420. The number of ether oxygens (including phenoxy) is 1. The first-order valence-corrected chi connectivity index (χ1v) is 2.18. The maximum atomic E-state index is 8.11. The minimum Gasteiger partial charge on any atom is -0.487 e. The van der Waals surface area contributed by atoms with Crippen molar-refractivity contribution in [1.29, 1.82) is 10.5 Å². The number of aliphatic imine (C=N–C) groups is 1. The van der Waals surface area contributed by atoms with Crippen LogP contribution in [-0.4, -0.2) is 19.6 Å². The first-order valence-electron chi connectivity index (χ1n) is 2.18. The van der Waals surface area contributed by atoms with E-state index in [9.17, 15) is 0 Å². The lowest BCUT2D eigenvalue weighted by Crippen LogP contribution is -1.95. The Hall–Kier alpha value is -1.55. The van der Waals surface area contributed by atoms with Gasteiger partial charge in [-0.1, -0.05) is 0 Å². The van der Waals surface area contributed by atoms with Crippen LogP contribution in [-0.2, 0) is 4.74 Å². The lowest BCUT2D eigenvalue weighted by atomic mass is 10.4. The average Bonchev–Trinajstić information content (AvgIpc) is 1.91. The highest BCUT2D eigenvalue weighted by molar-refractivity contribution is 5.47. The Morgan fingerprint density at radius 1 is 1.56 bits per heavy atom. The van der Waals surface area contributed by atoms with Gasteiger partial charge in [-0.05, 0) is 0 Å². The summed E-state index contributed by atoms with van der Waals surface area (Å²) in [6.07, 6.45) is 1.07. The van der Waals surface area contributed by atoms with Crippen LogP contribution >= 0.6 is 0 Å². The fraction of sp³-hybridized carbons (Fsp3) is 0.400. The zero-order valence-corrected chi connectivity index (χ0v) is 4.90. The van der Waals surface area contributed by atoms with Gasteiger partial charge in [0.15, 0.2) is 6.40 Å². The molecule has 4 nitrogen and oxygen atoms in total. The zero-order valence-electron chi connectivity index (χ0n) is 4.90. The largest absolute Gasteiger partial charge is 0.487 e. The van der Waals surface area contributed by atoms with Crippen molar-refractivity contribution >= 4 is 6.40 Å². The van der Waals surface area contributed by atoms with Crippen LogP contribution in [0, 0.1) is 22.7 Å². The summed E-state index contributed by atoms with van der Waals surface area (Å²) in [5.41, 5.74) is 0. The van der Waals surface area contributed by atoms with Gasteiger partial charge in [0.1, 0.15) is 12.1 Å². The molecule has 0 rings (SSSR count). The Bertz CT molecular complexity index is 160. The molecule has 0 aliphatic heterocycles. The van der Waals surface area contributed by atoms with Crippen LogP contribution < -0.4 is 0 Å². The molecule has 0 fully saturated rings. The Labute approximate surface area is 53.0 Å². The summed E-state index contributed by atoms with van der Waals surface area (Å²) in [6.45, 7) is 0. The summed E-state index contributed by atoms with van der Waals surface area (Å²) < 4.78 is 4.38. The number of methoxy groups -OCH3 is 1. The topological polar surface area (TPSA) is 69.2 Å². The van der Waals surface area contributed by atoms with Gasteiger partial charge < -0.3 is 4.74 Å². The molecule has 0 unspecified atom stereocenters. The molecule has 0 heterocycles. The van der Waals surface area contributed by atoms with Gasteiger partial charge in [0.2, 0.25) is 6.04 Å². The zero-order chi connectivity index (χ0) is 7.11. The van der Waals surface area contributed by atoms with E-state index in [2.05, 4.69) is 9.73 Å². The summed E-state index contributed by atoms with van der Waals surface area (Å²) >= 11 is 0. The molecule has 46 valence electrons. The van der Waals surface area contributed by atoms with Crippen molar-refractivity contribution in [3.8, 4) is 12.1 Å². The van der Waals surface area contributed by atoms with E-state index in [-0.39, 0.29) is 0 Å². The van der Waals surface area contributed by atoms with E-state index in [4.69, 9.17) is 10.5 Å². The number of hydrogen-bond donors (Lipinski definition) is 0. The molecule has 0 spiro atoms. The van der Waals surface area contributed by atoms with E-state index in [0.717, 1.165) is 6.40 Å². The molecule has 0 aliphatic carbocycles. The summed E-state index contributed by atoms with van der Waals surface area (Å²) in [4.78, 5) is 3.41. The molecule has 0 saturated heterocycles. The Morgan fingerprint density at radius 3 is 2.44 bits per heavy atom. The smallest absolute Gasteiger partial charge is 0.224 e. The molecule has 0 atom stereocenters. The van der Waals surface area contributed by atoms with Crippen LogP contribution in [0.1, 0.15) is 0 Å². The van der Waals surface area contributed by atoms with Gasteiger partial charge in [0.25, 0.3) is 0 Å². The number of rotatable bonds is 2. The van der Waals surface area contributed by atoms with Gasteiger partial charge in [0.05, 0.1) is 7.11 Å². The molecule has 0 saturated carbocycles. The SMILES string of the molecule is COC=NC(C#N)C#N. The maximum Gasteiger partial charge on any atom is 0.224 e. The van der Waals surface area contributed by atoms with Crippen molar-refractivity contribution in [2.75, 3.05) is 7.11 Å². The molecule has 0 radical (unpaired) electrons. The fourth-order valence-corrected chi connectivity index (χ4v) is 0.217. The minimum atomic E-state index is -0.940. The third kappa shape index (κ3) is 3.07. The molecular formula is C5H5N3O. The molecular weight excluding hydrogens is 118 g/mol. The van der Waals surface area contributed by atoms with E-state index in [1.807, 2.05) is 0 Å². The van der Waals surface area contributed by atoms with Crippen molar-refractivity contribution in [3.63, 3.8) is 0 Å². The monoisotopic (exact) mass is 123 g/mol. The van der Waals surface area contributed by atoms with E-state index >= 15 is 0 Å². The van der Waals surface area contributed by atoms with Crippen LogP contribution in [0.2, 0.25) is 0 Å². The number of nitrogens with zero attached hydrogens (tertiary/aromatic N) is 3. The van der Waals surface area contributed by atoms with Crippen LogP contribution in [0.15, 0.2) is 4.99 Å². The van der Waals surface area contributed by atoms with Gasteiger partial charge >= 0.3 is 0 Å². The molecule has 0 amide bonds. The highest BCUT2D eigenvalue weighted by Crippen LogP contribution is 1.82. The van der Waals surface area contributed by atoms with Gasteiger partial charge in [-0.3, -0.25) is 0 Å². The molecule has 0 bridgehead atoms. The summed E-state index contributed by atoms with van der Waals surface area (Å²) in [5, 5.41) is 16.2. The van der Waals surface area contributed by atoms with Gasteiger partial charge in [-0.2, -0.15) is 10.5 Å².